The van der Waals surface area contributed by atoms with Crippen LogP contribution >= 0.6 is 0 Å². The van der Waals surface area contributed by atoms with Crippen molar-refractivity contribution in [2.24, 2.45) is 0 Å². The first-order valence-corrected chi connectivity index (χ1v) is 6.45. The molecule has 0 aliphatic heterocycles. The van der Waals surface area contributed by atoms with Crippen molar-refractivity contribution in [1.82, 2.24) is 5.32 Å². The summed E-state index contributed by atoms with van der Waals surface area (Å²) in [5.74, 6) is 0.331. The van der Waals surface area contributed by atoms with Crippen molar-refractivity contribution in [3.05, 3.63) is 35.7 Å². The van der Waals surface area contributed by atoms with Crippen molar-refractivity contribution >= 4 is 5.57 Å². The molecule has 1 fully saturated rings. The van der Waals surface area contributed by atoms with Gasteiger partial charge in [0.2, 0.25) is 0 Å². The minimum Gasteiger partial charge on any atom is -0.497 e. The summed E-state index contributed by atoms with van der Waals surface area (Å²) in [7, 11) is 1.54. The normalized spacial score (nSPS) is 15.8. The quantitative estimate of drug-likeness (QED) is 0.780. The van der Waals surface area contributed by atoms with Crippen LogP contribution in [0.3, 0.4) is 0 Å². The van der Waals surface area contributed by atoms with Crippen molar-refractivity contribution in [3.8, 4) is 5.75 Å². The zero-order valence-electron chi connectivity index (χ0n) is 11.0. The van der Waals surface area contributed by atoms with Crippen molar-refractivity contribution in [1.29, 1.82) is 0 Å². The highest BCUT2D eigenvalue weighted by atomic mass is 19.1. The molecular weight excluding hydrogens is 229 g/mol. The summed E-state index contributed by atoms with van der Waals surface area (Å²) >= 11 is 0. The monoisotopic (exact) mass is 249 g/mol. The van der Waals surface area contributed by atoms with Gasteiger partial charge in [-0.2, -0.15) is 0 Å². The van der Waals surface area contributed by atoms with Crippen LogP contribution in [0.5, 0.6) is 5.75 Å². The maximum Gasteiger partial charge on any atom is 0.134 e. The topological polar surface area (TPSA) is 21.3 Å². The fourth-order valence-corrected chi connectivity index (χ4v) is 1.92. The highest BCUT2D eigenvalue weighted by Gasteiger charge is 2.19. The number of hydrogen-bond acceptors (Lipinski definition) is 2. The summed E-state index contributed by atoms with van der Waals surface area (Å²) in [5.41, 5.74) is 1.63. The molecule has 0 aromatic heterocycles. The van der Waals surface area contributed by atoms with Crippen LogP contribution in [0, 0.1) is 5.82 Å². The number of benzene rings is 1. The lowest BCUT2D eigenvalue weighted by molar-refractivity contribution is 0.411. The van der Waals surface area contributed by atoms with E-state index in [1.54, 1.807) is 19.2 Å². The predicted octanol–water partition coefficient (Wildman–Crippen LogP) is 3.38. The summed E-state index contributed by atoms with van der Waals surface area (Å²) in [5, 5.41) is 3.44. The SMILES string of the molecule is COc1ccc(/C(C)=C/CCNC2CC2)c(F)c1. The molecule has 0 bridgehead atoms. The zero-order valence-corrected chi connectivity index (χ0v) is 11.0. The number of rotatable bonds is 6. The van der Waals surface area contributed by atoms with Crippen molar-refractivity contribution in [3.63, 3.8) is 0 Å². The summed E-state index contributed by atoms with van der Waals surface area (Å²) < 4.78 is 18.8. The third-order valence-corrected chi connectivity index (χ3v) is 3.21. The molecule has 0 spiro atoms. The molecule has 0 heterocycles. The maximum absolute atomic E-state index is 13.8. The fraction of sp³-hybridized carbons (Fsp3) is 0.467. The first kappa shape index (κ1) is 13.1. The second-order valence-electron chi connectivity index (χ2n) is 4.75. The third kappa shape index (κ3) is 3.57. The standard InChI is InChI=1S/C15H20FNO/c1-11(4-3-9-17-12-5-6-12)14-8-7-13(18-2)10-15(14)16/h4,7-8,10,12,17H,3,5-6,9H2,1-2H3/b11-4+. The molecule has 1 aromatic carbocycles. The van der Waals surface area contributed by atoms with E-state index in [0.29, 0.717) is 11.3 Å². The van der Waals surface area contributed by atoms with Crippen LogP contribution in [-0.2, 0) is 0 Å². The number of methoxy groups -OCH3 is 1. The summed E-state index contributed by atoms with van der Waals surface area (Å²) in [6.45, 7) is 2.92. The molecule has 1 aliphatic rings. The summed E-state index contributed by atoms with van der Waals surface area (Å²) in [6, 6.07) is 5.72. The van der Waals surface area contributed by atoms with Crippen LogP contribution < -0.4 is 10.1 Å². The lowest BCUT2D eigenvalue weighted by Crippen LogP contribution is -2.16. The van der Waals surface area contributed by atoms with Gasteiger partial charge in [0.1, 0.15) is 11.6 Å². The Bertz CT molecular complexity index is 438. The van der Waals surface area contributed by atoms with Gasteiger partial charge in [-0.3, -0.25) is 0 Å². The summed E-state index contributed by atoms with van der Waals surface area (Å²) in [6.07, 6.45) is 5.62. The smallest absolute Gasteiger partial charge is 0.134 e. The Kier molecular flexibility index (Phi) is 4.37. The highest BCUT2D eigenvalue weighted by Crippen LogP contribution is 2.23. The minimum atomic E-state index is -0.224. The van der Waals surface area contributed by atoms with Crippen molar-refractivity contribution in [2.75, 3.05) is 13.7 Å². The van der Waals surface area contributed by atoms with E-state index in [0.717, 1.165) is 24.6 Å². The van der Waals surface area contributed by atoms with E-state index in [-0.39, 0.29) is 5.82 Å². The molecule has 1 aromatic rings. The molecule has 2 nitrogen and oxygen atoms in total. The molecule has 0 radical (unpaired) electrons. The molecule has 1 N–H and O–H groups in total. The van der Waals surface area contributed by atoms with Gasteiger partial charge in [0.05, 0.1) is 7.11 Å². The predicted molar refractivity (Wildman–Crippen MR) is 72.2 cm³/mol. The molecule has 98 valence electrons. The average Bonchev–Trinajstić information content (AvgIpc) is 3.18. The van der Waals surface area contributed by atoms with Crippen molar-refractivity contribution < 1.29 is 9.13 Å². The minimum absolute atomic E-state index is 0.224. The first-order valence-electron chi connectivity index (χ1n) is 6.45. The van der Waals surface area contributed by atoms with Gasteiger partial charge in [-0.15, -0.1) is 0 Å². The highest BCUT2D eigenvalue weighted by molar-refractivity contribution is 5.64. The molecule has 3 heteroatoms. The summed E-state index contributed by atoms with van der Waals surface area (Å²) in [4.78, 5) is 0. The molecular formula is C15H20FNO. The number of ether oxygens (including phenoxy) is 1. The van der Waals surface area contributed by atoms with Gasteiger partial charge in [-0.1, -0.05) is 6.08 Å². The van der Waals surface area contributed by atoms with E-state index >= 15 is 0 Å². The molecule has 0 atom stereocenters. The first-order chi connectivity index (χ1) is 8.70. The molecule has 0 saturated heterocycles. The lowest BCUT2D eigenvalue weighted by atomic mass is 10.1. The molecule has 0 unspecified atom stereocenters. The Morgan fingerprint density at radius 3 is 2.89 bits per heavy atom. The molecule has 0 amide bonds. The Morgan fingerprint density at radius 2 is 2.28 bits per heavy atom. The van der Waals surface area contributed by atoms with Crippen LogP contribution in [-0.4, -0.2) is 19.7 Å². The second-order valence-corrected chi connectivity index (χ2v) is 4.75. The maximum atomic E-state index is 13.8. The molecule has 18 heavy (non-hydrogen) atoms. The lowest BCUT2D eigenvalue weighted by Gasteiger charge is -2.06. The molecule has 1 saturated carbocycles. The zero-order chi connectivity index (χ0) is 13.0. The number of halogens is 1. The van der Waals surface area contributed by atoms with E-state index in [4.69, 9.17) is 4.74 Å². The Balaban J connectivity index is 1.93. The van der Waals surface area contributed by atoms with E-state index in [9.17, 15) is 4.39 Å². The van der Waals surface area contributed by atoms with E-state index in [1.807, 2.05) is 6.92 Å². The van der Waals surface area contributed by atoms with Crippen LogP contribution in [0.25, 0.3) is 5.57 Å². The molecule has 2 rings (SSSR count). The van der Waals surface area contributed by atoms with Gasteiger partial charge in [0.25, 0.3) is 0 Å². The van der Waals surface area contributed by atoms with Gasteiger partial charge in [-0.05, 0) is 50.4 Å². The number of nitrogens with one attached hydrogen (secondary N) is 1. The van der Waals surface area contributed by atoms with Crippen LogP contribution in [0.1, 0.15) is 31.7 Å². The van der Waals surface area contributed by atoms with Gasteiger partial charge < -0.3 is 10.1 Å². The average molecular weight is 249 g/mol. The second kappa shape index (κ2) is 6.01. The Labute approximate surface area is 108 Å². The number of hydrogen-bond donors (Lipinski definition) is 1. The van der Waals surface area contributed by atoms with E-state index < -0.39 is 0 Å². The van der Waals surface area contributed by atoms with Gasteiger partial charge in [0.15, 0.2) is 0 Å². The Morgan fingerprint density at radius 1 is 1.50 bits per heavy atom. The van der Waals surface area contributed by atoms with E-state index in [1.165, 1.54) is 18.9 Å². The largest absolute Gasteiger partial charge is 0.497 e. The molecule has 1 aliphatic carbocycles. The number of allylic oxidation sites excluding steroid dienone is 1. The fourth-order valence-electron chi connectivity index (χ4n) is 1.92. The van der Waals surface area contributed by atoms with Gasteiger partial charge in [0, 0.05) is 17.7 Å². The van der Waals surface area contributed by atoms with Gasteiger partial charge >= 0.3 is 0 Å². The van der Waals surface area contributed by atoms with Crippen LogP contribution in [0.2, 0.25) is 0 Å². The van der Waals surface area contributed by atoms with Crippen LogP contribution in [0.15, 0.2) is 24.3 Å². The third-order valence-electron chi connectivity index (χ3n) is 3.21. The Hall–Kier alpha value is -1.35. The van der Waals surface area contributed by atoms with Gasteiger partial charge in [-0.25, -0.2) is 4.39 Å². The van der Waals surface area contributed by atoms with E-state index in [2.05, 4.69) is 11.4 Å². The van der Waals surface area contributed by atoms with Crippen molar-refractivity contribution in [2.45, 2.75) is 32.2 Å². The van der Waals surface area contributed by atoms with Crippen LogP contribution in [0.4, 0.5) is 4.39 Å².